The molecule has 0 aliphatic carbocycles. The number of benzene rings is 2. The number of ketones is 1. The fraction of sp³-hybridized carbons (Fsp3) is 0.176. The Morgan fingerprint density at radius 2 is 1.90 bits per heavy atom. The molecular weight excluding hydrogens is 264 g/mol. The molecule has 0 aromatic heterocycles. The van der Waals surface area contributed by atoms with Gasteiger partial charge in [0.05, 0.1) is 30.1 Å². The first kappa shape index (κ1) is 14.6. The molecule has 2 aromatic carbocycles. The maximum Gasteiger partial charge on any atom is 0.161 e. The first-order chi connectivity index (χ1) is 10.1. The summed E-state index contributed by atoms with van der Waals surface area (Å²) in [7, 11) is 3.45. The van der Waals surface area contributed by atoms with Crippen molar-refractivity contribution in [2.45, 2.75) is 6.92 Å². The molecule has 0 aliphatic rings. The van der Waals surface area contributed by atoms with E-state index >= 15 is 0 Å². The predicted molar refractivity (Wildman–Crippen MR) is 82.2 cm³/mol. The number of nitrogens with zero attached hydrogens (tertiary/aromatic N) is 2. The quantitative estimate of drug-likeness (QED) is 0.804. The minimum atomic E-state index is -0.0452. The molecule has 0 bridgehead atoms. The Balaban J connectivity index is 2.59. The van der Waals surface area contributed by atoms with Crippen LogP contribution < -0.4 is 9.64 Å². The molecule has 0 amide bonds. The third-order valence-corrected chi connectivity index (χ3v) is 3.31. The summed E-state index contributed by atoms with van der Waals surface area (Å²) in [6, 6.07) is 14.7. The molecule has 0 aliphatic heterocycles. The number of Topliss-reactive ketones (excluding diaryl/α,β-unsaturated/α-hetero) is 1. The number of hydrogen-bond acceptors (Lipinski definition) is 4. The summed E-state index contributed by atoms with van der Waals surface area (Å²) < 4.78 is 5.35. The van der Waals surface area contributed by atoms with Gasteiger partial charge in [-0.05, 0) is 37.3 Å². The number of ether oxygens (including phenoxy) is 1. The van der Waals surface area contributed by atoms with Gasteiger partial charge in [-0.25, -0.2) is 0 Å². The largest absolute Gasteiger partial charge is 0.495 e. The first-order valence-electron chi connectivity index (χ1n) is 6.50. The lowest BCUT2D eigenvalue weighted by Crippen LogP contribution is -2.14. The van der Waals surface area contributed by atoms with Crippen LogP contribution in [-0.2, 0) is 0 Å². The monoisotopic (exact) mass is 280 g/mol. The molecule has 0 saturated carbocycles. The zero-order chi connectivity index (χ0) is 15.4. The van der Waals surface area contributed by atoms with E-state index in [1.807, 2.05) is 36.2 Å². The van der Waals surface area contributed by atoms with Crippen LogP contribution in [0, 0.1) is 11.3 Å². The van der Waals surface area contributed by atoms with E-state index in [1.165, 1.54) is 6.92 Å². The number of nitriles is 1. The Hall–Kier alpha value is -2.80. The Morgan fingerprint density at radius 3 is 2.52 bits per heavy atom. The minimum absolute atomic E-state index is 0.0452. The van der Waals surface area contributed by atoms with E-state index in [1.54, 1.807) is 25.3 Å². The number of carbonyl (C=O) groups is 1. The van der Waals surface area contributed by atoms with Crippen molar-refractivity contribution < 1.29 is 9.53 Å². The zero-order valence-electron chi connectivity index (χ0n) is 12.3. The minimum Gasteiger partial charge on any atom is -0.495 e. The lowest BCUT2D eigenvalue weighted by molar-refractivity contribution is 0.101. The van der Waals surface area contributed by atoms with Gasteiger partial charge in [-0.3, -0.25) is 4.79 Å². The summed E-state index contributed by atoms with van der Waals surface area (Å²) in [5.41, 5.74) is 2.60. The van der Waals surface area contributed by atoms with Crippen molar-refractivity contribution in [1.29, 1.82) is 5.26 Å². The van der Waals surface area contributed by atoms with Gasteiger partial charge < -0.3 is 9.64 Å². The second kappa shape index (κ2) is 6.10. The molecule has 0 spiro atoms. The van der Waals surface area contributed by atoms with E-state index in [0.29, 0.717) is 22.6 Å². The Kier molecular flexibility index (Phi) is 4.24. The molecule has 0 heterocycles. The van der Waals surface area contributed by atoms with Crippen LogP contribution in [-0.4, -0.2) is 19.9 Å². The third-order valence-electron chi connectivity index (χ3n) is 3.31. The van der Waals surface area contributed by atoms with Crippen LogP contribution in [0.3, 0.4) is 0 Å². The van der Waals surface area contributed by atoms with Crippen LogP contribution in [0.25, 0.3) is 0 Å². The highest BCUT2D eigenvalue weighted by Crippen LogP contribution is 2.34. The van der Waals surface area contributed by atoms with Crippen molar-refractivity contribution in [2.75, 3.05) is 19.1 Å². The van der Waals surface area contributed by atoms with Crippen LogP contribution in [0.2, 0.25) is 0 Å². The zero-order valence-corrected chi connectivity index (χ0v) is 12.3. The smallest absolute Gasteiger partial charge is 0.161 e. The van der Waals surface area contributed by atoms with Crippen LogP contribution in [0.1, 0.15) is 22.8 Å². The molecule has 0 atom stereocenters. The number of hydrogen-bond donors (Lipinski definition) is 0. The van der Waals surface area contributed by atoms with Gasteiger partial charge in [0, 0.05) is 12.6 Å². The SMILES string of the molecule is COc1ccccc1N(C)c1cc(C#N)ccc1C(C)=O. The van der Waals surface area contributed by atoms with Crippen molar-refractivity contribution >= 4 is 17.2 Å². The molecule has 0 unspecified atom stereocenters. The summed E-state index contributed by atoms with van der Waals surface area (Å²) in [6.45, 7) is 1.51. The van der Waals surface area contributed by atoms with Crippen LogP contribution in [0.4, 0.5) is 11.4 Å². The van der Waals surface area contributed by atoms with Gasteiger partial charge >= 0.3 is 0 Å². The van der Waals surface area contributed by atoms with Gasteiger partial charge in [0.1, 0.15) is 5.75 Å². The van der Waals surface area contributed by atoms with Crippen molar-refractivity contribution in [3.05, 3.63) is 53.6 Å². The lowest BCUT2D eigenvalue weighted by atomic mass is 10.0. The standard InChI is InChI=1S/C17H16N2O2/c1-12(20)14-9-8-13(11-18)10-16(14)19(2)15-6-4-5-7-17(15)21-3/h4-10H,1-3H3. The van der Waals surface area contributed by atoms with E-state index in [4.69, 9.17) is 10.00 Å². The van der Waals surface area contributed by atoms with Gasteiger partial charge in [0.2, 0.25) is 0 Å². The fourth-order valence-corrected chi connectivity index (χ4v) is 2.21. The number of rotatable bonds is 4. The first-order valence-corrected chi connectivity index (χ1v) is 6.50. The number of methoxy groups -OCH3 is 1. The molecular formula is C17H16N2O2. The topological polar surface area (TPSA) is 53.3 Å². The highest BCUT2D eigenvalue weighted by molar-refractivity contribution is 6.01. The fourth-order valence-electron chi connectivity index (χ4n) is 2.21. The number of carbonyl (C=O) groups excluding carboxylic acids is 1. The predicted octanol–water partition coefficient (Wildman–Crippen LogP) is 3.54. The molecule has 0 saturated heterocycles. The Morgan fingerprint density at radius 1 is 1.19 bits per heavy atom. The maximum absolute atomic E-state index is 11.8. The third kappa shape index (κ3) is 2.87. The molecule has 21 heavy (non-hydrogen) atoms. The summed E-state index contributed by atoms with van der Waals surface area (Å²) in [4.78, 5) is 13.7. The average Bonchev–Trinajstić information content (AvgIpc) is 2.53. The van der Waals surface area contributed by atoms with E-state index in [-0.39, 0.29) is 5.78 Å². The highest BCUT2D eigenvalue weighted by atomic mass is 16.5. The van der Waals surface area contributed by atoms with Gasteiger partial charge in [0.25, 0.3) is 0 Å². The van der Waals surface area contributed by atoms with E-state index in [9.17, 15) is 4.79 Å². The van der Waals surface area contributed by atoms with E-state index in [0.717, 1.165) is 5.69 Å². The molecule has 4 nitrogen and oxygen atoms in total. The van der Waals surface area contributed by atoms with Crippen LogP contribution >= 0.6 is 0 Å². The average molecular weight is 280 g/mol. The summed E-state index contributed by atoms with van der Waals surface area (Å²) in [6.07, 6.45) is 0. The van der Waals surface area contributed by atoms with Crippen molar-refractivity contribution in [1.82, 2.24) is 0 Å². The Bertz CT molecular complexity index is 717. The normalized spacial score (nSPS) is 9.81. The number of anilines is 2. The molecule has 0 radical (unpaired) electrons. The lowest BCUT2D eigenvalue weighted by Gasteiger charge is -2.24. The Labute approximate surface area is 124 Å². The van der Waals surface area contributed by atoms with Gasteiger partial charge in [-0.2, -0.15) is 5.26 Å². The van der Waals surface area contributed by atoms with Crippen molar-refractivity contribution in [3.8, 4) is 11.8 Å². The van der Waals surface area contributed by atoms with Gasteiger partial charge in [0.15, 0.2) is 5.78 Å². The molecule has 0 N–H and O–H groups in total. The maximum atomic E-state index is 11.8. The molecule has 0 fully saturated rings. The van der Waals surface area contributed by atoms with Crippen LogP contribution in [0.15, 0.2) is 42.5 Å². The second-order valence-electron chi connectivity index (χ2n) is 4.63. The molecule has 2 aromatic rings. The second-order valence-corrected chi connectivity index (χ2v) is 4.63. The molecule has 4 heteroatoms. The van der Waals surface area contributed by atoms with E-state index < -0.39 is 0 Å². The summed E-state index contributed by atoms with van der Waals surface area (Å²) >= 11 is 0. The highest BCUT2D eigenvalue weighted by Gasteiger charge is 2.16. The summed E-state index contributed by atoms with van der Waals surface area (Å²) in [5.74, 6) is 0.660. The number of para-hydroxylation sites is 2. The van der Waals surface area contributed by atoms with E-state index in [2.05, 4.69) is 6.07 Å². The summed E-state index contributed by atoms with van der Waals surface area (Å²) in [5, 5.41) is 9.07. The van der Waals surface area contributed by atoms with Gasteiger partial charge in [-0.15, -0.1) is 0 Å². The van der Waals surface area contributed by atoms with Crippen LogP contribution in [0.5, 0.6) is 5.75 Å². The van der Waals surface area contributed by atoms with Gasteiger partial charge in [-0.1, -0.05) is 12.1 Å². The van der Waals surface area contributed by atoms with Crippen molar-refractivity contribution in [3.63, 3.8) is 0 Å². The molecule has 2 rings (SSSR count). The van der Waals surface area contributed by atoms with Crippen molar-refractivity contribution in [2.24, 2.45) is 0 Å². The molecule has 106 valence electrons.